The summed E-state index contributed by atoms with van der Waals surface area (Å²) in [5.74, 6) is 1.13. The van der Waals surface area contributed by atoms with Crippen molar-refractivity contribution in [1.82, 2.24) is 9.97 Å². The number of methoxy groups -OCH3 is 1. The van der Waals surface area contributed by atoms with Crippen LogP contribution < -0.4 is 10.6 Å². The van der Waals surface area contributed by atoms with E-state index >= 15 is 0 Å². The average molecular weight is 278 g/mol. The number of nitrogens with zero attached hydrogens (tertiary/aromatic N) is 3. The Labute approximate surface area is 119 Å². The van der Waals surface area contributed by atoms with Crippen molar-refractivity contribution < 1.29 is 9.47 Å². The predicted molar refractivity (Wildman–Crippen MR) is 78.6 cm³/mol. The Balaban J connectivity index is 2.01. The Morgan fingerprint density at radius 2 is 2.40 bits per heavy atom. The maximum Gasteiger partial charge on any atom is 0.227 e. The second-order valence-corrected chi connectivity index (χ2v) is 4.78. The summed E-state index contributed by atoms with van der Waals surface area (Å²) in [4.78, 5) is 10.6. The Bertz CT molecular complexity index is 441. The van der Waals surface area contributed by atoms with Gasteiger partial charge in [-0.05, 0) is 18.9 Å². The number of nitrogen functional groups attached to an aromatic ring is 1. The van der Waals surface area contributed by atoms with Gasteiger partial charge in [-0.25, -0.2) is 4.98 Å². The van der Waals surface area contributed by atoms with Gasteiger partial charge in [-0.2, -0.15) is 4.98 Å². The SMILES string of the molecule is C=CCCO[C@@H]1CN(c2nccc(N)n2)CC[C@@H]1OC. The number of hydrogen-bond acceptors (Lipinski definition) is 6. The molecule has 0 aliphatic carbocycles. The van der Waals surface area contributed by atoms with Crippen LogP contribution >= 0.6 is 0 Å². The molecule has 6 heteroatoms. The first-order valence-electron chi connectivity index (χ1n) is 6.83. The number of aromatic nitrogens is 2. The standard InChI is InChI=1S/C14H22N4O2/c1-3-4-9-20-12-10-18(8-6-11(12)19-2)14-16-7-5-13(15)17-14/h3,5,7,11-12H,1,4,6,8-10H2,2H3,(H2,15,16,17)/t11-,12+/m0/s1. The topological polar surface area (TPSA) is 73.5 Å². The van der Waals surface area contributed by atoms with E-state index in [-0.39, 0.29) is 12.2 Å². The number of nitrogens with two attached hydrogens (primary N) is 1. The molecular formula is C14H22N4O2. The molecule has 2 heterocycles. The van der Waals surface area contributed by atoms with Crippen LogP contribution in [0.25, 0.3) is 0 Å². The van der Waals surface area contributed by atoms with Crippen LogP contribution in [0, 0.1) is 0 Å². The number of anilines is 2. The molecule has 1 fully saturated rings. The first-order valence-corrected chi connectivity index (χ1v) is 6.83. The number of hydrogen-bond donors (Lipinski definition) is 1. The normalized spacial score (nSPS) is 22.8. The predicted octanol–water partition coefficient (Wildman–Crippen LogP) is 1.25. The van der Waals surface area contributed by atoms with E-state index in [0.717, 1.165) is 19.4 Å². The minimum absolute atomic E-state index is 0.0127. The van der Waals surface area contributed by atoms with E-state index in [0.29, 0.717) is 24.9 Å². The van der Waals surface area contributed by atoms with Gasteiger partial charge in [-0.15, -0.1) is 6.58 Å². The monoisotopic (exact) mass is 278 g/mol. The zero-order valence-corrected chi connectivity index (χ0v) is 11.9. The van der Waals surface area contributed by atoms with Crippen LogP contribution in [0.15, 0.2) is 24.9 Å². The van der Waals surface area contributed by atoms with Gasteiger partial charge in [0.2, 0.25) is 5.95 Å². The lowest BCUT2D eigenvalue weighted by Crippen LogP contribution is -2.49. The van der Waals surface area contributed by atoms with Crippen molar-refractivity contribution in [2.24, 2.45) is 0 Å². The van der Waals surface area contributed by atoms with Crippen LogP contribution in [0.3, 0.4) is 0 Å². The molecule has 1 saturated heterocycles. The lowest BCUT2D eigenvalue weighted by Gasteiger charge is -2.37. The van der Waals surface area contributed by atoms with Crippen molar-refractivity contribution in [1.29, 1.82) is 0 Å². The van der Waals surface area contributed by atoms with Crippen LogP contribution in [-0.4, -0.2) is 49.0 Å². The largest absolute Gasteiger partial charge is 0.384 e. The van der Waals surface area contributed by atoms with E-state index in [2.05, 4.69) is 21.4 Å². The highest BCUT2D eigenvalue weighted by molar-refractivity contribution is 5.38. The van der Waals surface area contributed by atoms with E-state index in [1.165, 1.54) is 0 Å². The molecule has 6 nitrogen and oxygen atoms in total. The van der Waals surface area contributed by atoms with Gasteiger partial charge in [0.25, 0.3) is 0 Å². The molecule has 1 aliphatic heterocycles. The molecule has 0 amide bonds. The summed E-state index contributed by atoms with van der Waals surface area (Å²) in [6, 6.07) is 1.68. The molecule has 110 valence electrons. The highest BCUT2D eigenvalue weighted by Gasteiger charge is 2.31. The maximum absolute atomic E-state index is 5.88. The van der Waals surface area contributed by atoms with Crippen molar-refractivity contribution in [2.45, 2.75) is 25.0 Å². The third-order valence-electron chi connectivity index (χ3n) is 3.40. The molecule has 1 aromatic heterocycles. The van der Waals surface area contributed by atoms with Gasteiger partial charge in [0.15, 0.2) is 0 Å². The fraction of sp³-hybridized carbons (Fsp3) is 0.571. The van der Waals surface area contributed by atoms with Crippen molar-refractivity contribution >= 4 is 11.8 Å². The molecule has 0 unspecified atom stereocenters. The summed E-state index contributed by atoms with van der Waals surface area (Å²) in [5, 5.41) is 0. The van der Waals surface area contributed by atoms with Gasteiger partial charge in [-0.3, -0.25) is 0 Å². The van der Waals surface area contributed by atoms with Crippen molar-refractivity contribution in [3.8, 4) is 0 Å². The molecule has 20 heavy (non-hydrogen) atoms. The lowest BCUT2D eigenvalue weighted by atomic mass is 10.0. The van der Waals surface area contributed by atoms with Gasteiger partial charge < -0.3 is 20.1 Å². The molecule has 2 atom stereocenters. The van der Waals surface area contributed by atoms with Gasteiger partial charge in [-0.1, -0.05) is 6.08 Å². The Kier molecular flexibility index (Phi) is 5.31. The van der Waals surface area contributed by atoms with E-state index in [1.54, 1.807) is 19.4 Å². The first kappa shape index (κ1) is 14.7. The first-order chi connectivity index (χ1) is 9.74. The van der Waals surface area contributed by atoms with Gasteiger partial charge >= 0.3 is 0 Å². The van der Waals surface area contributed by atoms with E-state index in [1.807, 2.05) is 6.08 Å². The second kappa shape index (κ2) is 7.21. The lowest BCUT2D eigenvalue weighted by molar-refractivity contribution is -0.0624. The Morgan fingerprint density at radius 1 is 1.55 bits per heavy atom. The van der Waals surface area contributed by atoms with Crippen LogP contribution in [0.1, 0.15) is 12.8 Å². The summed E-state index contributed by atoms with van der Waals surface area (Å²) in [7, 11) is 1.72. The van der Waals surface area contributed by atoms with Gasteiger partial charge in [0.1, 0.15) is 11.9 Å². The van der Waals surface area contributed by atoms with E-state index < -0.39 is 0 Å². The molecule has 0 spiro atoms. The summed E-state index contributed by atoms with van der Waals surface area (Å²) in [6.07, 6.45) is 5.36. The summed E-state index contributed by atoms with van der Waals surface area (Å²) >= 11 is 0. The van der Waals surface area contributed by atoms with Crippen LogP contribution in [0.4, 0.5) is 11.8 Å². The molecule has 2 N–H and O–H groups in total. The second-order valence-electron chi connectivity index (χ2n) is 4.78. The van der Waals surface area contributed by atoms with Crippen LogP contribution in [-0.2, 0) is 9.47 Å². The minimum atomic E-state index is 0.0127. The smallest absolute Gasteiger partial charge is 0.227 e. The number of rotatable bonds is 6. The number of piperidine rings is 1. The minimum Gasteiger partial charge on any atom is -0.384 e. The summed E-state index contributed by atoms with van der Waals surface area (Å²) in [5.41, 5.74) is 5.71. The maximum atomic E-state index is 5.88. The highest BCUT2D eigenvalue weighted by Crippen LogP contribution is 2.21. The molecule has 0 aromatic carbocycles. The third kappa shape index (κ3) is 3.68. The molecule has 1 aromatic rings. The van der Waals surface area contributed by atoms with Crippen molar-refractivity contribution in [3.05, 3.63) is 24.9 Å². The molecule has 0 saturated carbocycles. The Morgan fingerprint density at radius 3 is 3.10 bits per heavy atom. The molecule has 0 bridgehead atoms. The van der Waals surface area contributed by atoms with Crippen LogP contribution in [0.5, 0.6) is 0 Å². The van der Waals surface area contributed by atoms with Gasteiger partial charge in [0, 0.05) is 26.4 Å². The zero-order chi connectivity index (χ0) is 14.4. The average Bonchev–Trinajstić information content (AvgIpc) is 2.47. The van der Waals surface area contributed by atoms with Crippen molar-refractivity contribution in [2.75, 3.05) is 37.4 Å². The molecule has 0 radical (unpaired) electrons. The van der Waals surface area contributed by atoms with E-state index in [9.17, 15) is 0 Å². The highest BCUT2D eigenvalue weighted by atomic mass is 16.5. The van der Waals surface area contributed by atoms with Gasteiger partial charge in [0.05, 0.1) is 12.7 Å². The van der Waals surface area contributed by atoms with E-state index in [4.69, 9.17) is 15.2 Å². The third-order valence-corrected chi connectivity index (χ3v) is 3.40. The summed E-state index contributed by atoms with van der Waals surface area (Å²) in [6.45, 7) is 5.90. The number of ether oxygens (including phenoxy) is 2. The van der Waals surface area contributed by atoms with Crippen molar-refractivity contribution in [3.63, 3.8) is 0 Å². The molecule has 1 aliphatic rings. The Hall–Kier alpha value is -1.66. The quantitative estimate of drug-likeness (QED) is 0.623. The summed E-state index contributed by atoms with van der Waals surface area (Å²) < 4.78 is 11.4. The fourth-order valence-electron chi connectivity index (χ4n) is 2.32. The molecule has 2 rings (SSSR count). The van der Waals surface area contributed by atoms with Crippen LogP contribution in [0.2, 0.25) is 0 Å². The fourth-order valence-corrected chi connectivity index (χ4v) is 2.32. The molecular weight excluding hydrogens is 256 g/mol. The zero-order valence-electron chi connectivity index (χ0n) is 11.9.